The van der Waals surface area contributed by atoms with Crippen LogP contribution in [0.15, 0.2) is 24.3 Å². The SMILES string of the molecule is CCCCc1ccc(NC(=O)CCC)cc1.Cl. The van der Waals surface area contributed by atoms with E-state index in [2.05, 4.69) is 24.4 Å². The molecule has 0 unspecified atom stereocenters. The smallest absolute Gasteiger partial charge is 0.224 e. The van der Waals surface area contributed by atoms with E-state index in [4.69, 9.17) is 0 Å². The summed E-state index contributed by atoms with van der Waals surface area (Å²) >= 11 is 0. The fraction of sp³-hybridized carbons (Fsp3) is 0.500. The fourth-order valence-corrected chi connectivity index (χ4v) is 1.59. The molecule has 0 aliphatic carbocycles. The second-order valence-corrected chi connectivity index (χ2v) is 4.10. The third-order valence-electron chi connectivity index (χ3n) is 2.53. The van der Waals surface area contributed by atoms with E-state index < -0.39 is 0 Å². The van der Waals surface area contributed by atoms with Crippen LogP contribution in [0, 0.1) is 0 Å². The quantitative estimate of drug-likeness (QED) is 0.811. The number of amides is 1. The van der Waals surface area contributed by atoms with Crippen molar-refractivity contribution in [2.75, 3.05) is 5.32 Å². The molecule has 0 saturated heterocycles. The normalized spacial score (nSPS) is 9.53. The second kappa shape index (κ2) is 9.06. The van der Waals surface area contributed by atoms with Gasteiger partial charge in [-0.2, -0.15) is 0 Å². The summed E-state index contributed by atoms with van der Waals surface area (Å²) < 4.78 is 0. The van der Waals surface area contributed by atoms with Crippen molar-refractivity contribution in [2.24, 2.45) is 0 Å². The second-order valence-electron chi connectivity index (χ2n) is 4.10. The molecule has 0 heterocycles. The summed E-state index contributed by atoms with van der Waals surface area (Å²) in [7, 11) is 0. The van der Waals surface area contributed by atoms with E-state index in [0.717, 1.165) is 18.5 Å². The highest BCUT2D eigenvalue weighted by Crippen LogP contribution is 2.12. The van der Waals surface area contributed by atoms with Gasteiger partial charge in [0.25, 0.3) is 0 Å². The average Bonchev–Trinajstić information content (AvgIpc) is 2.28. The lowest BCUT2D eigenvalue weighted by Crippen LogP contribution is -2.10. The standard InChI is InChI=1S/C14H21NO.ClH/c1-3-5-7-12-8-10-13(11-9-12)15-14(16)6-4-2;/h8-11H,3-7H2,1-2H3,(H,15,16);1H. The van der Waals surface area contributed by atoms with Crippen LogP contribution in [0.25, 0.3) is 0 Å². The fourth-order valence-electron chi connectivity index (χ4n) is 1.59. The van der Waals surface area contributed by atoms with Gasteiger partial charge in [-0.05, 0) is 37.0 Å². The van der Waals surface area contributed by atoms with Gasteiger partial charge in [0, 0.05) is 12.1 Å². The largest absolute Gasteiger partial charge is 0.326 e. The summed E-state index contributed by atoms with van der Waals surface area (Å²) in [6.07, 6.45) is 5.05. The van der Waals surface area contributed by atoms with Gasteiger partial charge in [-0.1, -0.05) is 32.4 Å². The number of rotatable bonds is 6. The lowest BCUT2D eigenvalue weighted by atomic mass is 10.1. The molecule has 1 amide bonds. The van der Waals surface area contributed by atoms with Crippen LogP contribution in [-0.2, 0) is 11.2 Å². The van der Waals surface area contributed by atoms with Crippen molar-refractivity contribution in [3.63, 3.8) is 0 Å². The van der Waals surface area contributed by atoms with E-state index in [9.17, 15) is 4.79 Å². The van der Waals surface area contributed by atoms with Crippen LogP contribution >= 0.6 is 12.4 Å². The Kier molecular flexibility index (Phi) is 8.51. The number of anilines is 1. The minimum absolute atomic E-state index is 0. The Morgan fingerprint density at radius 3 is 2.29 bits per heavy atom. The van der Waals surface area contributed by atoms with Crippen molar-refractivity contribution >= 4 is 24.0 Å². The lowest BCUT2D eigenvalue weighted by Gasteiger charge is -2.05. The van der Waals surface area contributed by atoms with Crippen molar-refractivity contribution in [3.05, 3.63) is 29.8 Å². The molecule has 0 spiro atoms. The Morgan fingerprint density at radius 2 is 1.76 bits per heavy atom. The molecule has 1 aromatic rings. The average molecular weight is 256 g/mol. The molecule has 1 aromatic carbocycles. The highest BCUT2D eigenvalue weighted by Gasteiger charge is 2.00. The zero-order chi connectivity index (χ0) is 11.8. The van der Waals surface area contributed by atoms with Crippen LogP contribution in [0.1, 0.15) is 45.1 Å². The molecule has 0 aliphatic rings. The molecule has 96 valence electrons. The molecular weight excluding hydrogens is 234 g/mol. The van der Waals surface area contributed by atoms with Gasteiger partial charge in [0.05, 0.1) is 0 Å². The molecule has 0 radical (unpaired) electrons. The molecule has 17 heavy (non-hydrogen) atoms. The van der Waals surface area contributed by atoms with Gasteiger partial charge in [0.2, 0.25) is 5.91 Å². The first-order valence-electron chi connectivity index (χ1n) is 6.15. The molecule has 0 atom stereocenters. The number of hydrogen-bond acceptors (Lipinski definition) is 1. The summed E-state index contributed by atoms with van der Waals surface area (Å²) in [6.45, 7) is 4.20. The Balaban J connectivity index is 0.00000256. The zero-order valence-electron chi connectivity index (χ0n) is 10.7. The van der Waals surface area contributed by atoms with Crippen molar-refractivity contribution in [2.45, 2.75) is 46.0 Å². The van der Waals surface area contributed by atoms with Crippen molar-refractivity contribution in [1.29, 1.82) is 0 Å². The highest BCUT2D eigenvalue weighted by molar-refractivity contribution is 5.90. The van der Waals surface area contributed by atoms with Crippen molar-refractivity contribution in [3.8, 4) is 0 Å². The first-order chi connectivity index (χ1) is 7.76. The van der Waals surface area contributed by atoms with Gasteiger partial charge in [0.15, 0.2) is 0 Å². The first kappa shape index (κ1) is 16.0. The van der Waals surface area contributed by atoms with Crippen LogP contribution in [0.3, 0.4) is 0 Å². The summed E-state index contributed by atoms with van der Waals surface area (Å²) in [4.78, 5) is 11.4. The highest BCUT2D eigenvalue weighted by atomic mass is 35.5. The number of halogens is 1. The molecule has 0 bridgehead atoms. The topological polar surface area (TPSA) is 29.1 Å². The van der Waals surface area contributed by atoms with Crippen LogP contribution in [0.2, 0.25) is 0 Å². The third-order valence-corrected chi connectivity index (χ3v) is 2.53. The molecule has 1 N–H and O–H groups in total. The molecule has 0 aromatic heterocycles. The van der Waals surface area contributed by atoms with Crippen LogP contribution < -0.4 is 5.32 Å². The van der Waals surface area contributed by atoms with Gasteiger partial charge in [-0.25, -0.2) is 0 Å². The van der Waals surface area contributed by atoms with E-state index in [0.29, 0.717) is 6.42 Å². The van der Waals surface area contributed by atoms with E-state index in [-0.39, 0.29) is 18.3 Å². The third kappa shape index (κ3) is 6.32. The van der Waals surface area contributed by atoms with Crippen molar-refractivity contribution in [1.82, 2.24) is 0 Å². The minimum atomic E-state index is 0. The van der Waals surface area contributed by atoms with E-state index >= 15 is 0 Å². The number of carbonyl (C=O) groups is 1. The Hall–Kier alpha value is -1.02. The maximum Gasteiger partial charge on any atom is 0.224 e. The monoisotopic (exact) mass is 255 g/mol. The Labute approximate surface area is 110 Å². The Morgan fingerprint density at radius 1 is 1.12 bits per heavy atom. The number of aryl methyl sites for hydroxylation is 1. The summed E-state index contributed by atoms with van der Waals surface area (Å²) in [5.74, 6) is 0.101. The molecular formula is C14H22ClNO. The molecule has 0 aliphatic heterocycles. The molecule has 3 heteroatoms. The van der Waals surface area contributed by atoms with Gasteiger partial charge in [0.1, 0.15) is 0 Å². The Bertz CT molecular complexity index is 321. The summed E-state index contributed by atoms with van der Waals surface area (Å²) in [6, 6.07) is 8.16. The summed E-state index contributed by atoms with van der Waals surface area (Å²) in [5, 5.41) is 2.89. The van der Waals surface area contributed by atoms with Crippen LogP contribution in [0.5, 0.6) is 0 Å². The predicted molar refractivity (Wildman–Crippen MR) is 75.8 cm³/mol. The van der Waals surface area contributed by atoms with Gasteiger partial charge in [-0.15, -0.1) is 12.4 Å². The van der Waals surface area contributed by atoms with Crippen molar-refractivity contribution < 1.29 is 4.79 Å². The number of benzene rings is 1. The van der Waals surface area contributed by atoms with Gasteiger partial charge < -0.3 is 5.32 Å². The lowest BCUT2D eigenvalue weighted by molar-refractivity contribution is -0.116. The van der Waals surface area contributed by atoms with Gasteiger partial charge in [-0.3, -0.25) is 4.79 Å². The first-order valence-corrected chi connectivity index (χ1v) is 6.15. The van der Waals surface area contributed by atoms with Gasteiger partial charge >= 0.3 is 0 Å². The van der Waals surface area contributed by atoms with Crippen LogP contribution in [0.4, 0.5) is 5.69 Å². The summed E-state index contributed by atoms with van der Waals surface area (Å²) in [5.41, 5.74) is 2.24. The molecule has 2 nitrogen and oxygen atoms in total. The minimum Gasteiger partial charge on any atom is -0.326 e. The number of hydrogen-bond donors (Lipinski definition) is 1. The van der Waals surface area contributed by atoms with E-state index in [1.54, 1.807) is 0 Å². The molecule has 0 saturated carbocycles. The van der Waals surface area contributed by atoms with E-state index in [1.165, 1.54) is 18.4 Å². The predicted octanol–water partition coefficient (Wildman–Crippen LogP) is 4.19. The number of unbranched alkanes of at least 4 members (excludes halogenated alkanes) is 1. The maximum absolute atomic E-state index is 11.4. The van der Waals surface area contributed by atoms with Crippen LogP contribution in [-0.4, -0.2) is 5.91 Å². The zero-order valence-corrected chi connectivity index (χ0v) is 11.5. The molecule has 0 fully saturated rings. The molecule has 1 rings (SSSR count). The van der Waals surface area contributed by atoms with E-state index in [1.807, 2.05) is 19.1 Å². The number of nitrogens with one attached hydrogen (secondary N) is 1. The maximum atomic E-state index is 11.4. The number of carbonyl (C=O) groups excluding carboxylic acids is 1.